The van der Waals surface area contributed by atoms with Crippen LogP contribution in [0, 0.1) is 0 Å². The highest BCUT2D eigenvalue weighted by atomic mass is 32.1. The van der Waals surface area contributed by atoms with Gasteiger partial charge in [-0.05, 0) is 17.2 Å². The van der Waals surface area contributed by atoms with E-state index in [2.05, 4.69) is 0 Å². The lowest BCUT2D eigenvalue weighted by molar-refractivity contribution is 0.102. The minimum absolute atomic E-state index is 0.0382. The molecule has 4 aromatic carbocycles. The Bertz CT molecular complexity index is 1940. The lowest BCUT2D eigenvalue weighted by atomic mass is 9.77. The standard InChI is InChI=1S/C34H24N2O3S/c35-32-28(30(37)24-17-9-3-10-18-24)27(23-15-7-2-8-16-23)29(31(38)25-19-11-4-12-20-25)34-36(32)33(39)26(40-34)21-22-13-5-1-6-14-22/h1-21,27H,35H2/b26-21+/t27-/m1/s1. The van der Waals surface area contributed by atoms with E-state index in [4.69, 9.17) is 5.73 Å². The van der Waals surface area contributed by atoms with E-state index in [1.54, 1.807) is 54.6 Å². The lowest BCUT2D eigenvalue weighted by Gasteiger charge is -2.28. The molecule has 6 rings (SSSR count). The Morgan fingerprint density at radius 2 is 1.15 bits per heavy atom. The number of allylic oxidation sites excluding steroid dienone is 1. The monoisotopic (exact) mass is 540 g/mol. The third-order valence-corrected chi connectivity index (χ3v) is 8.05. The van der Waals surface area contributed by atoms with E-state index < -0.39 is 5.92 Å². The van der Waals surface area contributed by atoms with Crippen LogP contribution in [-0.2, 0) is 0 Å². The zero-order valence-electron chi connectivity index (χ0n) is 21.4. The Labute approximate surface area is 234 Å². The van der Waals surface area contributed by atoms with Gasteiger partial charge in [-0.15, -0.1) is 11.3 Å². The molecular weight excluding hydrogens is 516 g/mol. The van der Waals surface area contributed by atoms with E-state index >= 15 is 0 Å². The number of nitrogens with zero attached hydrogens (tertiary/aromatic N) is 1. The number of Topliss-reactive ketones (excluding diaryl/α,β-unsaturated/α-hetero) is 2. The van der Waals surface area contributed by atoms with Crippen LogP contribution >= 0.6 is 11.3 Å². The molecule has 6 heteroatoms. The highest BCUT2D eigenvalue weighted by Gasteiger charge is 2.38. The summed E-state index contributed by atoms with van der Waals surface area (Å²) in [5, 5.41) is 0. The van der Waals surface area contributed by atoms with Gasteiger partial charge in [-0.25, -0.2) is 0 Å². The van der Waals surface area contributed by atoms with Crippen molar-refractivity contribution >= 4 is 40.4 Å². The van der Waals surface area contributed by atoms with Crippen molar-refractivity contribution in [2.24, 2.45) is 5.73 Å². The molecule has 1 aliphatic rings. The van der Waals surface area contributed by atoms with E-state index in [-0.39, 0.29) is 28.5 Å². The van der Waals surface area contributed by atoms with Crippen molar-refractivity contribution in [1.82, 2.24) is 4.57 Å². The zero-order chi connectivity index (χ0) is 27.6. The molecule has 0 spiro atoms. The number of carbonyl (C=O) groups excluding carboxylic acids is 2. The Morgan fingerprint density at radius 3 is 1.70 bits per heavy atom. The summed E-state index contributed by atoms with van der Waals surface area (Å²) in [5.74, 6) is -1.33. The number of aromatic nitrogens is 1. The van der Waals surface area contributed by atoms with Crippen LogP contribution in [0.4, 0.5) is 0 Å². The molecule has 0 amide bonds. The van der Waals surface area contributed by atoms with Crippen molar-refractivity contribution < 1.29 is 9.59 Å². The van der Waals surface area contributed by atoms with E-state index in [0.717, 1.165) is 11.1 Å². The number of rotatable bonds is 6. The first-order chi connectivity index (χ1) is 19.5. The molecule has 1 aliphatic heterocycles. The molecule has 0 bridgehead atoms. The van der Waals surface area contributed by atoms with Gasteiger partial charge in [0.15, 0.2) is 11.6 Å². The summed E-state index contributed by atoms with van der Waals surface area (Å²) >= 11 is 1.21. The van der Waals surface area contributed by atoms with Gasteiger partial charge in [-0.1, -0.05) is 121 Å². The van der Waals surface area contributed by atoms with Crippen LogP contribution in [0.1, 0.15) is 37.8 Å². The molecular formula is C34H24N2O3S. The number of hydrogen-bond donors (Lipinski definition) is 1. The molecule has 0 saturated carbocycles. The Morgan fingerprint density at radius 1 is 0.675 bits per heavy atom. The number of thiazole rings is 1. The van der Waals surface area contributed by atoms with Gasteiger partial charge >= 0.3 is 0 Å². The van der Waals surface area contributed by atoms with Gasteiger partial charge < -0.3 is 5.73 Å². The fourth-order valence-corrected chi connectivity index (χ4v) is 6.24. The summed E-state index contributed by atoms with van der Waals surface area (Å²) in [4.78, 5) is 42.3. The maximum absolute atomic E-state index is 14.3. The summed E-state index contributed by atoms with van der Waals surface area (Å²) in [7, 11) is 0. The third kappa shape index (κ3) is 4.44. The molecule has 5 aromatic rings. The van der Waals surface area contributed by atoms with Gasteiger partial charge in [0.05, 0.1) is 10.1 Å². The number of carbonyl (C=O) groups is 2. The first-order valence-electron chi connectivity index (χ1n) is 12.8. The largest absolute Gasteiger partial charge is 0.384 e. The molecule has 1 atom stereocenters. The maximum atomic E-state index is 14.3. The normalized spacial score (nSPS) is 15.2. The van der Waals surface area contributed by atoms with Crippen LogP contribution in [0.3, 0.4) is 0 Å². The van der Waals surface area contributed by atoms with Crippen LogP contribution in [-0.4, -0.2) is 16.1 Å². The number of ketones is 2. The molecule has 40 heavy (non-hydrogen) atoms. The highest BCUT2D eigenvalue weighted by Crippen LogP contribution is 2.39. The highest BCUT2D eigenvalue weighted by molar-refractivity contribution is 7.07. The Kier molecular flexibility index (Phi) is 6.68. The molecule has 5 nitrogen and oxygen atoms in total. The predicted octanol–water partition coefficient (Wildman–Crippen LogP) is 4.58. The van der Waals surface area contributed by atoms with E-state index in [9.17, 15) is 14.4 Å². The minimum atomic E-state index is -0.774. The van der Waals surface area contributed by atoms with Crippen LogP contribution < -0.4 is 20.5 Å². The maximum Gasteiger partial charge on any atom is 0.274 e. The van der Waals surface area contributed by atoms with Crippen molar-refractivity contribution in [1.29, 1.82) is 0 Å². The van der Waals surface area contributed by atoms with Crippen LogP contribution in [0.25, 0.3) is 17.5 Å². The summed E-state index contributed by atoms with van der Waals surface area (Å²) < 4.78 is 2.19. The topological polar surface area (TPSA) is 82.2 Å². The first kappa shape index (κ1) is 25.2. The van der Waals surface area contributed by atoms with Gasteiger partial charge in [-0.3, -0.25) is 19.0 Å². The number of hydrogen-bond acceptors (Lipinski definition) is 5. The molecule has 1 aromatic heterocycles. The SMILES string of the molecule is NC1=C(C(=O)c2ccccc2)[C@@H](c2ccccc2)C(C(=O)c2ccccc2)=c2s/c(=C/c3ccccc3)c(=O)n21. The second-order valence-electron chi connectivity index (χ2n) is 9.41. The quantitative estimate of drug-likeness (QED) is 0.320. The van der Waals surface area contributed by atoms with Gasteiger partial charge in [0.25, 0.3) is 5.56 Å². The summed E-state index contributed by atoms with van der Waals surface area (Å²) in [6, 6.07) is 36.6. The predicted molar refractivity (Wildman–Crippen MR) is 159 cm³/mol. The average Bonchev–Trinajstić information content (AvgIpc) is 3.33. The van der Waals surface area contributed by atoms with Crippen molar-refractivity contribution in [3.63, 3.8) is 0 Å². The summed E-state index contributed by atoms with van der Waals surface area (Å²) in [5.41, 5.74) is 9.41. The van der Waals surface area contributed by atoms with E-state index in [0.29, 0.717) is 25.9 Å². The molecule has 2 N–H and O–H groups in total. The fraction of sp³-hybridized carbons (Fsp3) is 0.0294. The lowest BCUT2D eigenvalue weighted by Crippen LogP contribution is -2.41. The van der Waals surface area contributed by atoms with Crippen LogP contribution in [0.15, 0.2) is 132 Å². The smallest absolute Gasteiger partial charge is 0.274 e. The molecule has 0 unspecified atom stereocenters. The number of nitrogens with two attached hydrogens (primary N) is 1. The molecule has 0 saturated heterocycles. The van der Waals surface area contributed by atoms with E-state index in [1.807, 2.05) is 72.8 Å². The molecule has 0 aliphatic carbocycles. The van der Waals surface area contributed by atoms with Crippen molar-refractivity contribution in [3.05, 3.63) is 169 Å². The van der Waals surface area contributed by atoms with Gasteiger partial charge in [0.2, 0.25) is 0 Å². The van der Waals surface area contributed by atoms with E-state index in [1.165, 1.54) is 15.9 Å². The fourth-order valence-electron chi connectivity index (χ4n) is 5.06. The van der Waals surface area contributed by atoms with Crippen molar-refractivity contribution in [2.75, 3.05) is 0 Å². The van der Waals surface area contributed by atoms with Crippen LogP contribution in [0.2, 0.25) is 0 Å². The van der Waals surface area contributed by atoms with Crippen molar-refractivity contribution in [3.8, 4) is 0 Å². The van der Waals surface area contributed by atoms with Gasteiger partial charge in [0.1, 0.15) is 10.5 Å². The Hall–Kier alpha value is -5.07. The number of benzene rings is 4. The number of fused-ring (bicyclic) bond motifs is 1. The molecule has 0 radical (unpaired) electrons. The van der Waals surface area contributed by atoms with Gasteiger partial charge in [-0.2, -0.15) is 0 Å². The summed E-state index contributed by atoms with van der Waals surface area (Å²) in [6.45, 7) is 0. The molecule has 2 heterocycles. The minimum Gasteiger partial charge on any atom is -0.384 e. The second-order valence-corrected chi connectivity index (χ2v) is 10.4. The third-order valence-electron chi connectivity index (χ3n) is 6.94. The molecule has 0 fully saturated rings. The average molecular weight is 541 g/mol. The van der Waals surface area contributed by atoms with Crippen LogP contribution in [0.5, 0.6) is 0 Å². The Balaban J connectivity index is 1.73. The van der Waals surface area contributed by atoms with Gasteiger partial charge in [0, 0.05) is 22.6 Å². The molecule has 194 valence electrons. The van der Waals surface area contributed by atoms with Crippen molar-refractivity contribution in [2.45, 2.75) is 5.92 Å². The summed E-state index contributed by atoms with van der Waals surface area (Å²) in [6.07, 6.45) is 1.78. The first-order valence-corrected chi connectivity index (χ1v) is 13.6. The second kappa shape index (κ2) is 10.6. The zero-order valence-corrected chi connectivity index (χ0v) is 22.2.